The number of alkyl halides is 3. The lowest BCUT2D eigenvalue weighted by Gasteiger charge is -2.28. The number of halogens is 3. The predicted molar refractivity (Wildman–Crippen MR) is 114 cm³/mol. The van der Waals surface area contributed by atoms with Crippen LogP contribution < -0.4 is 15.4 Å². The van der Waals surface area contributed by atoms with Gasteiger partial charge in [0.2, 0.25) is 11.0 Å². The Bertz CT molecular complexity index is 907. The lowest BCUT2D eigenvalue weighted by atomic mass is 9.84. The standard InChI is InChI=1S/C20H23F3N4O2S2/c1-11(16-9-12-2-3-13(16)8-12)24-17(28)10-30-19-27-26-18(31-19)25-14-4-6-15(7-5-14)29-20(21,22)23/h4-7,11-13,16H,2-3,8-10H2,1H3,(H,24,28)(H,25,26)/t11-,12+,13+,16+/m1/s1. The number of hydrogen-bond donors (Lipinski definition) is 2. The van der Waals surface area contributed by atoms with Crippen LogP contribution in [0.2, 0.25) is 0 Å². The van der Waals surface area contributed by atoms with Crippen LogP contribution in [0.3, 0.4) is 0 Å². The minimum Gasteiger partial charge on any atom is -0.406 e. The zero-order valence-electron chi connectivity index (χ0n) is 16.8. The molecule has 2 aliphatic carbocycles. The van der Waals surface area contributed by atoms with Crippen LogP contribution in [0.5, 0.6) is 5.75 Å². The first-order valence-corrected chi connectivity index (χ1v) is 11.9. The number of rotatable bonds is 8. The Hall–Kier alpha value is -2.01. The Kier molecular flexibility index (Phi) is 6.61. The molecule has 0 spiro atoms. The first-order valence-electron chi connectivity index (χ1n) is 10.1. The Labute approximate surface area is 186 Å². The number of carbonyl (C=O) groups excluding carboxylic acids is 1. The topological polar surface area (TPSA) is 76.1 Å². The normalized spacial score (nSPS) is 23.5. The zero-order chi connectivity index (χ0) is 22.0. The minimum absolute atomic E-state index is 0.00904. The lowest BCUT2D eigenvalue weighted by molar-refractivity contribution is -0.274. The fourth-order valence-electron chi connectivity index (χ4n) is 4.62. The van der Waals surface area contributed by atoms with E-state index in [9.17, 15) is 18.0 Å². The monoisotopic (exact) mass is 472 g/mol. The quantitative estimate of drug-likeness (QED) is 0.514. The maximum absolute atomic E-state index is 12.3. The number of fused-ring (bicyclic) bond motifs is 2. The van der Waals surface area contributed by atoms with Gasteiger partial charge in [0, 0.05) is 11.7 Å². The first kappa shape index (κ1) is 22.2. The summed E-state index contributed by atoms with van der Waals surface area (Å²) in [6.45, 7) is 2.10. The Morgan fingerprint density at radius 3 is 2.68 bits per heavy atom. The fourth-order valence-corrected chi connectivity index (χ4v) is 6.20. The van der Waals surface area contributed by atoms with Crippen LogP contribution >= 0.6 is 23.1 Å². The molecule has 2 aliphatic rings. The second-order valence-corrected chi connectivity index (χ2v) is 10.3. The van der Waals surface area contributed by atoms with Crippen molar-refractivity contribution in [2.45, 2.75) is 49.4 Å². The largest absolute Gasteiger partial charge is 0.573 e. The average molecular weight is 473 g/mol. The van der Waals surface area contributed by atoms with Gasteiger partial charge < -0.3 is 15.4 Å². The van der Waals surface area contributed by atoms with Crippen LogP contribution in [0.25, 0.3) is 0 Å². The number of hydrogen-bond acceptors (Lipinski definition) is 7. The van der Waals surface area contributed by atoms with Gasteiger partial charge in [-0.2, -0.15) is 0 Å². The third-order valence-electron chi connectivity index (χ3n) is 5.90. The molecular formula is C20H23F3N4O2S2. The minimum atomic E-state index is -4.72. The van der Waals surface area contributed by atoms with Crippen molar-refractivity contribution >= 4 is 39.8 Å². The van der Waals surface area contributed by atoms with Crippen LogP contribution in [0.4, 0.5) is 24.0 Å². The molecule has 0 unspecified atom stereocenters. The highest BCUT2D eigenvalue weighted by Crippen LogP contribution is 2.49. The van der Waals surface area contributed by atoms with Gasteiger partial charge in [-0.05, 0) is 68.2 Å². The van der Waals surface area contributed by atoms with Gasteiger partial charge in [-0.3, -0.25) is 4.79 Å². The van der Waals surface area contributed by atoms with Gasteiger partial charge in [-0.1, -0.05) is 29.5 Å². The number of nitrogens with one attached hydrogen (secondary N) is 2. The molecule has 2 bridgehead atoms. The van der Waals surface area contributed by atoms with E-state index in [4.69, 9.17) is 0 Å². The maximum Gasteiger partial charge on any atom is 0.573 e. The third-order valence-corrected chi connectivity index (χ3v) is 7.87. The molecule has 2 fully saturated rings. The van der Waals surface area contributed by atoms with Gasteiger partial charge in [0.25, 0.3) is 0 Å². The van der Waals surface area contributed by atoms with Crippen molar-refractivity contribution in [2.75, 3.05) is 11.1 Å². The Morgan fingerprint density at radius 2 is 2.03 bits per heavy atom. The summed E-state index contributed by atoms with van der Waals surface area (Å²) in [5, 5.41) is 14.7. The molecule has 0 saturated heterocycles. The molecule has 31 heavy (non-hydrogen) atoms. The third kappa shape index (κ3) is 6.03. The number of nitrogens with zero attached hydrogens (tertiary/aromatic N) is 2. The van der Waals surface area contributed by atoms with Crippen molar-refractivity contribution in [3.63, 3.8) is 0 Å². The Morgan fingerprint density at radius 1 is 1.26 bits per heavy atom. The van der Waals surface area contributed by atoms with E-state index in [1.54, 1.807) is 0 Å². The van der Waals surface area contributed by atoms with E-state index in [1.165, 1.54) is 73.0 Å². The molecule has 0 aliphatic heterocycles. The second kappa shape index (κ2) is 9.23. The number of ether oxygens (including phenoxy) is 1. The molecule has 2 saturated carbocycles. The lowest BCUT2D eigenvalue weighted by Crippen LogP contribution is -2.40. The van der Waals surface area contributed by atoms with E-state index < -0.39 is 6.36 Å². The summed E-state index contributed by atoms with van der Waals surface area (Å²) in [6.07, 6.45) is 0.465. The SMILES string of the molecule is C[C@@H](NC(=O)CSc1nnc(Nc2ccc(OC(F)(F)F)cc2)s1)[C@@H]1C[C@H]2CC[C@H]1C2. The average Bonchev–Trinajstić information content (AvgIpc) is 3.44. The van der Waals surface area contributed by atoms with Gasteiger partial charge >= 0.3 is 6.36 Å². The fraction of sp³-hybridized carbons (Fsp3) is 0.550. The van der Waals surface area contributed by atoms with Gasteiger partial charge in [-0.15, -0.1) is 23.4 Å². The highest BCUT2D eigenvalue weighted by atomic mass is 32.2. The van der Waals surface area contributed by atoms with Crippen LogP contribution in [-0.2, 0) is 4.79 Å². The summed E-state index contributed by atoms with van der Waals surface area (Å²) in [4.78, 5) is 12.3. The number of amides is 1. The van der Waals surface area contributed by atoms with Crippen molar-refractivity contribution in [3.8, 4) is 5.75 Å². The van der Waals surface area contributed by atoms with Gasteiger partial charge in [0.05, 0.1) is 5.75 Å². The number of thioether (sulfide) groups is 1. The van der Waals surface area contributed by atoms with Crippen LogP contribution in [0, 0.1) is 17.8 Å². The van der Waals surface area contributed by atoms with Crippen molar-refractivity contribution in [1.29, 1.82) is 0 Å². The van der Waals surface area contributed by atoms with Crippen molar-refractivity contribution in [3.05, 3.63) is 24.3 Å². The molecule has 2 N–H and O–H groups in total. The van der Waals surface area contributed by atoms with Crippen molar-refractivity contribution < 1.29 is 22.7 Å². The second-order valence-electron chi connectivity index (χ2n) is 8.05. The van der Waals surface area contributed by atoms with Gasteiger partial charge in [0.15, 0.2) is 4.34 Å². The predicted octanol–water partition coefficient (Wildman–Crippen LogP) is 5.21. The van der Waals surface area contributed by atoms with Crippen LogP contribution in [0.1, 0.15) is 32.6 Å². The molecule has 4 rings (SSSR count). The molecule has 168 valence electrons. The molecule has 0 radical (unpaired) electrons. The van der Waals surface area contributed by atoms with E-state index in [0.29, 0.717) is 21.1 Å². The molecule has 11 heteroatoms. The van der Waals surface area contributed by atoms with E-state index in [-0.39, 0.29) is 23.5 Å². The van der Waals surface area contributed by atoms with Gasteiger partial charge in [0.1, 0.15) is 5.75 Å². The molecule has 2 aromatic rings. The molecule has 1 heterocycles. The molecule has 1 aromatic heterocycles. The Balaban J connectivity index is 1.22. The first-order chi connectivity index (χ1) is 14.7. The summed E-state index contributed by atoms with van der Waals surface area (Å²) in [5.74, 6) is 2.17. The van der Waals surface area contributed by atoms with Crippen LogP contribution in [-0.4, -0.2) is 34.3 Å². The maximum atomic E-state index is 12.3. The molecule has 6 nitrogen and oxygen atoms in total. The van der Waals surface area contributed by atoms with E-state index in [1.807, 2.05) is 0 Å². The van der Waals surface area contributed by atoms with E-state index in [2.05, 4.69) is 32.5 Å². The number of carbonyl (C=O) groups is 1. The van der Waals surface area contributed by atoms with Crippen molar-refractivity contribution in [2.24, 2.45) is 17.8 Å². The van der Waals surface area contributed by atoms with Crippen molar-refractivity contribution in [1.82, 2.24) is 15.5 Å². The summed E-state index contributed by atoms with van der Waals surface area (Å²) < 4.78 is 41.1. The summed E-state index contributed by atoms with van der Waals surface area (Å²) in [6, 6.07) is 5.54. The molecular weight excluding hydrogens is 449 g/mol. The van der Waals surface area contributed by atoms with Crippen LogP contribution in [0.15, 0.2) is 28.6 Å². The molecule has 4 atom stereocenters. The van der Waals surface area contributed by atoms with Gasteiger partial charge in [-0.25, -0.2) is 0 Å². The molecule has 1 aromatic carbocycles. The highest BCUT2D eigenvalue weighted by Gasteiger charge is 2.42. The number of anilines is 2. The van der Waals surface area contributed by atoms with E-state index >= 15 is 0 Å². The summed E-state index contributed by atoms with van der Waals surface area (Å²) in [7, 11) is 0. The highest BCUT2D eigenvalue weighted by molar-refractivity contribution is 8.01. The number of aromatic nitrogens is 2. The smallest absolute Gasteiger partial charge is 0.406 e. The van der Waals surface area contributed by atoms with E-state index in [0.717, 1.165) is 11.8 Å². The summed E-state index contributed by atoms with van der Waals surface area (Å²) >= 11 is 2.59. The zero-order valence-corrected chi connectivity index (χ0v) is 18.4. The number of benzene rings is 1. The summed E-state index contributed by atoms with van der Waals surface area (Å²) in [5.41, 5.74) is 0.555. The molecule has 1 amide bonds.